The van der Waals surface area contributed by atoms with Gasteiger partial charge in [-0.3, -0.25) is 4.79 Å². The fourth-order valence-corrected chi connectivity index (χ4v) is 2.51. The fourth-order valence-electron chi connectivity index (χ4n) is 2.51. The maximum absolute atomic E-state index is 12.0. The van der Waals surface area contributed by atoms with Gasteiger partial charge >= 0.3 is 12.0 Å². The molecule has 1 heterocycles. The molecule has 0 aromatic carbocycles. The van der Waals surface area contributed by atoms with Crippen LogP contribution < -0.4 is 5.32 Å². The van der Waals surface area contributed by atoms with E-state index in [0.717, 1.165) is 12.8 Å². The fraction of sp³-hybridized carbons (Fsp3) is 0.833. The number of carboxylic acids is 1. The lowest BCUT2D eigenvalue weighted by Gasteiger charge is -2.37. The van der Waals surface area contributed by atoms with Crippen molar-refractivity contribution in [1.82, 2.24) is 10.2 Å². The van der Waals surface area contributed by atoms with Crippen LogP contribution in [0.3, 0.4) is 0 Å². The Hall–Kier alpha value is -1.30. The number of carbonyl (C=O) groups excluding carboxylic acids is 1. The Labute approximate surface area is 106 Å². The molecule has 102 valence electrons. The van der Waals surface area contributed by atoms with Gasteiger partial charge < -0.3 is 20.1 Å². The number of rotatable bonds is 3. The molecular formula is C12H20N2O4. The number of amides is 2. The highest BCUT2D eigenvalue weighted by molar-refractivity contribution is 5.75. The monoisotopic (exact) mass is 256 g/mol. The Bertz CT molecular complexity index is 328. The molecule has 6 heteroatoms. The molecule has 0 bridgehead atoms. The molecule has 1 atom stereocenters. The molecule has 18 heavy (non-hydrogen) atoms. The van der Waals surface area contributed by atoms with E-state index in [-0.39, 0.29) is 24.6 Å². The molecule has 1 aliphatic heterocycles. The van der Waals surface area contributed by atoms with Crippen LogP contribution in [0.1, 0.15) is 26.2 Å². The summed E-state index contributed by atoms with van der Waals surface area (Å²) in [7, 11) is 0. The van der Waals surface area contributed by atoms with Crippen molar-refractivity contribution in [3.8, 4) is 0 Å². The Morgan fingerprint density at radius 1 is 1.44 bits per heavy atom. The smallest absolute Gasteiger partial charge is 0.317 e. The number of hydrogen-bond donors (Lipinski definition) is 2. The third kappa shape index (κ3) is 3.35. The summed E-state index contributed by atoms with van der Waals surface area (Å²) in [6.07, 6.45) is 1.63. The zero-order valence-corrected chi connectivity index (χ0v) is 10.6. The quantitative estimate of drug-likeness (QED) is 0.778. The van der Waals surface area contributed by atoms with Crippen LogP contribution in [0, 0.1) is 5.92 Å². The van der Waals surface area contributed by atoms with Gasteiger partial charge in [0.1, 0.15) is 0 Å². The summed E-state index contributed by atoms with van der Waals surface area (Å²) in [5, 5.41) is 11.7. The predicted octanol–water partition coefficient (Wildman–Crippen LogP) is 0.670. The molecule has 0 radical (unpaired) electrons. The van der Waals surface area contributed by atoms with Crippen molar-refractivity contribution in [3.63, 3.8) is 0 Å². The second kappa shape index (κ2) is 5.56. The summed E-state index contributed by atoms with van der Waals surface area (Å²) in [6, 6.07) is 0.193. The van der Waals surface area contributed by atoms with Gasteiger partial charge in [0, 0.05) is 19.1 Å². The van der Waals surface area contributed by atoms with Gasteiger partial charge in [0.05, 0.1) is 19.1 Å². The molecule has 2 rings (SSSR count). The summed E-state index contributed by atoms with van der Waals surface area (Å²) >= 11 is 0. The molecule has 1 saturated heterocycles. The van der Waals surface area contributed by atoms with E-state index in [0.29, 0.717) is 25.6 Å². The highest BCUT2D eigenvalue weighted by atomic mass is 16.5. The number of urea groups is 1. The van der Waals surface area contributed by atoms with E-state index in [1.807, 2.05) is 0 Å². The number of aliphatic carboxylic acids is 1. The van der Waals surface area contributed by atoms with Crippen LogP contribution in [0.2, 0.25) is 0 Å². The molecule has 2 aliphatic rings. The van der Waals surface area contributed by atoms with Crippen LogP contribution in [0.5, 0.6) is 0 Å². The van der Waals surface area contributed by atoms with Gasteiger partial charge in [0.2, 0.25) is 0 Å². The van der Waals surface area contributed by atoms with Crippen LogP contribution in [0.15, 0.2) is 0 Å². The molecule has 2 N–H and O–H groups in total. The first-order valence-electron chi connectivity index (χ1n) is 6.43. The Kier molecular flexibility index (Phi) is 4.06. The average molecular weight is 256 g/mol. The Balaban J connectivity index is 1.77. The molecule has 0 spiro atoms. The average Bonchev–Trinajstić information content (AvgIpc) is 2.26. The minimum atomic E-state index is -0.893. The van der Waals surface area contributed by atoms with E-state index >= 15 is 0 Å². The standard InChI is InChI=1S/C12H20N2O4/c1-8-4-9(5-8)13-12(17)14-2-3-18-10(7-14)6-11(15)16/h8-10H,2-7H2,1H3,(H,13,17)(H,15,16). The lowest BCUT2D eigenvalue weighted by molar-refractivity contribution is -0.141. The summed E-state index contributed by atoms with van der Waals surface area (Å²) in [5.74, 6) is -0.199. The van der Waals surface area contributed by atoms with Gasteiger partial charge in [0.15, 0.2) is 0 Å². The van der Waals surface area contributed by atoms with E-state index < -0.39 is 5.97 Å². The van der Waals surface area contributed by atoms with Gasteiger partial charge in [-0.05, 0) is 18.8 Å². The summed E-state index contributed by atoms with van der Waals surface area (Å²) < 4.78 is 5.33. The van der Waals surface area contributed by atoms with Crippen molar-refractivity contribution in [1.29, 1.82) is 0 Å². The maximum Gasteiger partial charge on any atom is 0.317 e. The number of nitrogens with zero attached hydrogens (tertiary/aromatic N) is 1. The van der Waals surface area contributed by atoms with Crippen molar-refractivity contribution in [2.75, 3.05) is 19.7 Å². The van der Waals surface area contributed by atoms with Crippen LogP contribution >= 0.6 is 0 Å². The van der Waals surface area contributed by atoms with E-state index in [1.165, 1.54) is 0 Å². The van der Waals surface area contributed by atoms with E-state index in [2.05, 4.69) is 12.2 Å². The SMILES string of the molecule is CC1CC(NC(=O)N2CCOC(CC(=O)O)C2)C1. The first-order valence-corrected chi connectivity index (χ1v) is 6.43. The lowest BCUT2D eigenvalue weighted by atomic mass is 9.82. The van der Waals surface area contributed by atoms with Crippen LogP contribution in [-0.4, -0.2) is 53.8 Å². The Morgan fingerprint density at radius 2 is 2.17 bits per heavy atom. The topological polar surface area (TPSA) is 78.9 Å². The summed E-state index contributed by atoms with van der Waals surface area (Å²) in [6.45, 7) is 3.47. The minimum Gasteiger partial charge on any atom is -0.481 e. The molecule has 1 saturated carbocycles. The van der Waals surface area contributed by atoms with Gasteiger partial charge in [-0.15, -0.1) is 0 Å². The van der Waals surface area contributed by atoms with Gasteiger partial charge in [-0.25, -0.2) is 4.79 Å². The van der Waals surface area contributed by atoms with Crippen molar-refractivity contribution in [2.45, 2.75) is 38.3 Å². The first-order chi connectivity index (χ1) is 8.54. The molecule has 0 aromatic rings. The highest BCUT2D eigenvalue weighted by Gasteiger charge is 2.30. The van der Waals surface area contributed by atoms with Crippen molar-refractivity contribution >= 4 is 12.0 Å². The number of hydrogen-bond acceptors (Lipinski definition) is 3. The summed E-state index contributed by atoms with van der Waals surface area (Å²) in [4.78, 5) is 24.2. The number of carbonyl (C=O) groups is 2. The van der Waals surface area contributed by atoms with Gasteiger partial charge in [-0.2, -0.15) is 0 Å². The second-order valence-corrected chi connectivity index (χ2v) is 5.26. The van der Waals surface area contributed by atoms with Crippen LogP contribution in [0.4, 0.5) is 4.79 Å². The third-order valence-corrected chi connectivity index (χ3v) is 3.53. The highest BCUT2D eigenvalue weighted by Crippen LogP contribution is 2.26. The van der Waals surface area contributed by atoms with Crippen molar-refractivity contribution in [3.05, 3.63) is 0 Å². The number of nitrogens with one attached hydrogen (secondary N) is 1. The zero-order chi connectivity index (χ0) is 13.1. The normalized spacial score (nSPS) is 31.6. The van der Waals surface area contributed by atoms with E-state index in [4.69, 9.17) is 9.84 Å². The zero-order valence-electron chi connectivity index (χ0n) is 10.6. The Morgan fingerprint density at radius 3 is 2.78 bits per heavy atom. The maximum atomic E-state index is 12.0. The van der Waals surface area contributed by atoms with Gasteiger partial charge in [0.25, 0.3) is 0 Å². The molecule has 0 aromatic heterocycles. The van der Waals surface area contributed by atoms with E-state index in [9.17, 15) is 9.59 Å². The van der Waals surface area contributed by atoms with Crippen LogP contribution in [0.25, 0.3) is 0 Å². The predicted molar refractivity (Wildman–Crippen MR) is 64.3 cm³/mol. The van der Waals surface area contributed by atoms with Crippen molar-refractivity contribution in [2.24, 2.45) is 5.92 Å². The molecule has 6 nitrogen and oxygen atoms in total. The number of ether oxygens (including phenoxy) is 1. The molecule has 2 amide bonds. The summed E-state index contributed by atoms with van der Waals surface area (Å²) in [5.41, 5.74) is 0. The van der Waals surface area contributed by atoms with Crippen molar-refractivity contribution < 1.29 is 19.4 Å². The second-order valence-electron chi connectivity index (χ2n) is 5.26. The van der Waals surface area contributed by atoms with Crippen LogP contribution in [-0.2, 0) is 9.53 Å². The van der Waals surface area contributed by atoms with Gasteiger partial charge in [-0.1, -0.05) is 6.92 Å². The first kappa shape index (κ1) is 13.1. The lowest BCUT2D eigenvalue weighted by Crippen LogP contribution is -2.54. The van der Waals surface area contributed by atoms with E-state index in [1.54, 1.807) is 4.90 Å². The number of morpholine rings is 1. The molecule has 1 aliphatic carbocycles. The molecule has 2 fully saturated rings. The largest absolute Gasteiger partial charge is 0.481 e. The number of carboxylic acid groups (broad SMARTS) is 1. The minimum absolute atomic E-state index is 0.0513. The third-order valence-electron chi connectivity index (χ3n) is 3.53. The molecular weight excluding hydrogens is 236 g/mol. The molecule has 1 unspecified atom stereocenters.